The molecule has 2 aromatic rings. The number of hydrazine groups is 1. The van der Waals surface area contributed by atoms with Crippen molar-refractivity contribution in [1.82, 2.24) is 15.0 Å². The minimum atomic E-state index is -0.858. The lowest BCUT2D eigenvalue weighted by atomic mass is 10.1. The smallest absolute Gasteiger partial charge is 0.277 e. The van der Waals surface area contributed by atoms with Crippen LogP contribution in [-0.4, -0.2) is 54.1 Å². The Morgan fingerprint density at radius 3 is 2.64 bits per heavy atom. The maximum absolute atomic E-state index is 13.8. The molecule has 0 saturated carbocycles. The fourth-order valence-electron chi connectivity index (χ4n) is 2.95. The Morgan fingerprint density at radius 2 is 1.93 bits per heavy atom. The van der Waals surface area contributed by atoms with Crippen molar-refractivity contribution in [2.24, 2.45) is 0 Å². The van der Waals surface area contributed by atoms with Crippen molar-refractivity contribution in [3.63, 3.8) is 0 Å². The molecule has 1 fully saturated rings. The summed E-state index contributed by atoms with van der Waals surface area (Å²) in [6, 6.07) is 8.05. The van der Waals surface area contributed by atoms with Crippen LogP contribution in [0.5, 0.6) is 11.5 Å². The van der Waals surface area contributed by atoms with E-state index in [0.29, 0.717) is 36.6 Å². The molecule has 0 spiro atoms. The summed E-state index contributed by atoms with van der Waals surface area (Å²) in [4.78, 5) is 28.8. The van der Waals surface area contributed by atoms with E-state index in [1.807, 2.05) is 0 Å². The molecule has 0 radical (unpaired) electrons. The van der Waals surface area contributed by atoms with Crippen LogP contribution in [-0.2, 0) is 4.79 Å². The topological polar surface area (TPSA) is 72.0 Å². The Labute approximate surface area is 162 Å². The molecular weight excluding hydrogens is 365 g/mol. The molecule has 3 rings (SSSR count). The number of hydrogen-bond acceptors (Lipinski definition) is 5. The molecule has 1 saturated heterocycles. The minimum absolute atomic E-state index is 0.166. The van der Waals surface area contributed by atoms with Gasteiger partial charge in [0.2, 0.25) is 5.95 Å². The molecule has 1 aromatic carbocycles. The normalized spacial score (nSPS) is 13.8. The number of benzene rings is 1. The van der Waals surface area contributed by atoms with Gasteiger partial charge in [-0.1, -0.05) is 0 Å². The summed E-state index contributed by atoms with van der Waals surface area (Å²) >= 11 is 0. The molecule has 2 heterocycles. The van der Waals surface area contributed by atoms with E-state index >= 15 is 0 Å². The van der Waals surface area contributed by atoms with Gasteiger partial charge >= 0.3 is 0 Å². The van der Waals surface area contributed by atoms with Gasteiger partial charge in [-0.15, -0.1) is 0 Å². The van der Waals surface area contributed by atoms with E-state index in [1.54, 1.807) is 31.4 Å². The minimum Gasteiger partial charge on any atom is -0.497 e. The van der Waals surface area contributed by atoms with E-state index in [-0.39, 0.29) is 11.5 Å². The number of pyridine rings is 1. The molecule has 0 aliphatic carbocycles. The Hall–Kier alpha value is -3.42. The van der Waals surface area contributed by atoms with Gasteiger partial charge in [0.15, 0.2) is 0 Å². The van der Waals surface area contributed by atoms with Crippen LogP contribution in [0, 0.1) is 5.95 Å². The van der Waals surface area contributed by atoms with Gasteiger partial charge in [-0.3, -0.25) is 9.59 Å². The summed E-state index contributed by atoms with van der Waals surface area (Å²) < 4.78 is 24.3. The van der Waals surface area contributed by atoms with Gasteiger partial charge in [-0.25, -0.2) is 15.0 Å². The largest absolute Gasteiger partial charge is 0.497 e. The Bertz CT molecular complexity index is 916. The van der Waals surface area contributed by atoms with Crippen LogP contribution in [0.4, 0.5) is 4.39 Å². The molecule has 0 bridgehead atoms. The number of nitrogens with zero attached hydrogens (tertiary/aromatic N) is 3. The first-order chi connectivity index (χ1) is 13.5. The number of amides is 2. The van der Waals surface area contributed by atoms with Crippen LogP contribution in [0.2, 0.25) is 0 Å². The third-order valence-electron chi connectivity index (χ3n) is 4.35. The Balaban J connectivity index is 1.79. The molecule has 0 unspecified atom stereocenters. The molecule has 7 nitrogen and oxygen atoms in total. The molecule has 2 amide bonds. The molecule has 1 aliphatic heterocycles. The molecule has 8 heteroatoms. The first kappa shape index (κ1) is 19.3. The van der Waals surface area contributed by atoms with Crippen LogP contribution < -0.4 is 9.47 Å². The highest BCUT2D eigenvalue weighted by Crippen LogP contribution is 2.25. The molecule has 0 atom stereocenters. The highest BCUT2D eigenvalue weighted by atomic mass is 19.1. The molecule has 28 heavy (non-hydrogen) atoms. The van der Waals surface area contributed by atoms with Gasteiger partial charge in [-0.2, -0.15) is 4.39 Å². The van der Waals surface area contributed by atoms with Gasteiger partial charge in [0, 0.05) is 30.9 Å². The van der Waals surface area contributed by atoms with Crippen molar-refractivity contribution < 1.29 is 23.5 Å². The predicted octanol–water partition coefficient (Wildman–Crippen LogP) is 2.54. The zero-order valence-electron chi connectivity index (χ0n) is 15.6. The Kier molecular flexibility index (Phi) is 5.88. The molecule has 1 aromatic heterocycles. The summed E-state index contributed by atoms with van der Waals surface area (Å²) in [6.07, 6.45) is 4.82. The SMILES string of the molecule is COc1ccc(OC)c(C=CC(=O)N2CCCN2C(=O)c2cccnc2F)c1. The van der Waals surface area contributed by atoms with Gasteiger partial charge in [0.1, 0.15) is 11.5 Å². The first-order valence-electron chi connectivity index (χ1n) is 8.69. The van der Waals surface area contributed by atoms with E-state index in [4.69, 9.17) is 9.47 Å². The van der Waals surface area contributed by atoms with Crippen LogP contribution in [0.25, 0.3) is 6.08 Å². The maximum Gasteiger partial charge on any atom is 0.277 e. The first-order valence-corrected chi connectivity index (χ1v) is 8.69. The molecule has 1 aliphatic rings. The van der Waals surface area contributed by atoms with Crippen LogP contribution in [0.15, 0.2) is 42.6 Å². The number of halogens is 1. The van der Waals surface area contributed by atoms with Crippen LogP contribution in [0.3, 0.4) is 0 Å². The van der Waals surface area contributed by atoms with Gasteiger partial charge in [0.05, 0.1) is 19.8 Å². The second-order valence-corrected chi connectivity index (χ2v) is 6.03. The van der Waals surface area contributed by atoms with Crippen LogP contribution in [0.1, 0.15) is 22.3 Å². The maximum atomic E-state index is 13.8. The van der Waals surface area contributed by atoms with E-state index in [1.165, 1.54) is 41.5 Å². The van der Waals surface area contributed by atoms with Crippen molar-refractivity contribution in [2.45, 2.75) is 6.42 Å². The van der Waals surface area contributed by atoms with E-state index in [2.05, 4.69) is 4.98 Å². The monoisotopic (exact) mass is 385 g/mol. The fraction of sp³-hybridized carbons (Fsp3) is 0.250. The highest BCUT2D eigenvalue weighted by molar-refractivity contribution is 5.98. The lowest BCUT2D eigenvalue weighted by Crippen LogP contribution is -2.44. The van der Waals surface area contributed by atoms with E-state index < -0.39 is 11.9 Å². The average molecular weight is 385 g/mol. The molecule has 146 valence electrons. The second-order valence-electron chi connectivity index (χ2n) is 6.03. The highest BCUT2D eigenvalue weighted by Gasteiger charge is 2.31. The number of hydrogen-bond donors (Lipinski definition) is 0. The number of methoxy groups -OCH3 is 2. The summed E-state index contributed by atoms with van der Waals surface area (Å²) in [7, 11) is 3.08. The molecule has 0 N–H and O–H groups in total. The number of rotatable bonds is 5. The van der Waals surface area contributed by atoms with E-state index in [0.717, 1.165) is 0 Å². The van der Waals surface area contributed by atoms with Gasteiger partial charge < -0.3 is 9.47 Å². The van der Waals surface area contributed by atoms with Crippen molar-refractivity contribution in [3.05, 3.63) is 59.7 Å². The number of carbonyl (C=O) groups excluding carboxylic acids is 2. The lowest BCUT2D eigenvalue weighted by molar-refractivity contribution is -0.134. The van der Waals surface area contributed by atoms with Gasteiger partial charge in [0.25, 0.3) is 11.8 Å². The predicted molar refractivity (Wildman–Crippen MR) is 100 cm³/mol. The van der Waals surface area contributed by atoms with Crippen LogP contribution >= 0.6 is 0 Å². The number of ether oxygens (including phenoxy) is 2. The van der Waals surface area contributed by atoms with Crippen molar-refractivity contribution in [1.29, 1.82) is 0 Å². The molecular formula is C20H20FN3O4. The summed E-state index contributed by atoms with van der Waals surface area (Å²) in [5.41, 5.74) is 0.492. The summed E-state index contributed by atoms with van der Waals surface area (Å²) in [6.45, 7) is 0.696. The standard InChI is InChI=1S/C20H20FN3O4/c1-27-15-7-8-17(28-2)14(13-15)6-9-18(25)23-11-4-12-24(23)20(26)16-5-3-10-22-19(16)21/h3,5-10,13H,4,11-12H2,1-2H3. The van der Waals surface area contributed by atoms with E-state index in [9.17, 15) is 14.0 Å². The lowest BCUT2D eigenvalue weighted by Gasteiger charge is -2.26. The average Bonchev–Trinajstić information content (AvgIpc) is 3.21. The third kappa shape index (κ3) is 3.95. The fourth-order valence-corrected chi connectivity index (χ4v) is 2.95. The van der Waals surface area contributed by atoms with Crippen molar-refractivity contribution in [2.75, 3.05) is 27.3 Å². The summed E-state index contributed by atoms with van der Waals surface area (Å²) in [5, 5.41) is 2.55. The van der Waals surface area contributed by atoms with Crippen molar-refractivity contribution >= 4 is 17.9 Å². The number of aromatic nitrogens is 1. The zero-order chi connectivity index (χ0) is 20.1. The zero-order valence-corrected chi connectivity index (χ0v) is 15.6. The summed E-state index contributed by atoms with van der Waals surface area (Å²) in [5.74, 6) is -0.637. The van der Waals surface area contributed by atoms with Gasteiger partial charge in [-0.05, 0) is 42.8 Å². The number of carbonyl (C=O) groups is 2. The van der Waals surface area contributed by atoms with Crippen molar-refractivity contribution in [3.8, 4) is 11.5 Å². The quantitative estimate of drug-likeness (QED) is 0.584. The Morgan fingerprint density at radius 1 is 1.14 bits per heavy atom. The second kappa shape index (κ2) is 8.51. The third-order valence-corrected chi connectivity index (χ3v) is 4.35.